The lowest BCUT2D eigenvalue weighted by molar-refractivity contribution is 0.0827. The first-order valence-corrected chi connectivity index (χ1v) is 8.14. The number of amides is 1. The van der Waals surface area contributed by atoms with Crippen LogP contribution in [0.2, 0.25) is 0 Å². The molecule has 2 rings (SSSR count). The molecule has 116 valence electrons. The molecule has 1 fully saturated rings. The molecule has 1 aromatic carbocycles. The Hall–Kier alpha value is -1.51. The van der Waals surface area contributed by atoms with Crippen LogP contribution in [-0.2, 0) is 0 Å². The molecular weight excluding hydrogens is 260 g/mol. The summed E-state index contributed by atoms with van der Waals surface area (Å²) in [6.45, 7) is 3.12. The second kappa shape index (κ2) is 7.48. The Kier molecular flexibility index (Phi) is 5.66. The van der Waals surface area contributed by atoms with Crippen LogP contribution >= 0.6 is 0 Å². The average Bonchev–Trinajstić information content (AvgIpc) is 2.74. The van der Waals surface area contributed by atoms with Gasteiger partial charge in [-0.1, -0.05) is 31.7 Å². The summed E-state index contributed by atoms with van der Waals surface area (Å²) in [7, 11) is 3.58. The van der Waals surface area contributed by atoms with Gasteiger partial charge in [-0.05, 0) is 43.4 Å². The molecule has 0 saturated heterocycles. The van der Waals surface area contributed by atoms with Crippen molar-refractivity contribution < 1.29 is 4.79 Å². The second-order valence-electron chi connectivity index (χ2n) is 6.47. The molecule has 1 aliphatic carbocycles. The number of aryl methyl sites for hydroxylation is 1. The number of carbonyl (C=O) groups excluding carboxylic acids is 1. The molecular formula is C18H28N2O. The molecule has 0 radical (unpaired) electrons. The van der Waals surface area contributed by atoms with Gasteiger partial charge in [0.2, 0.25) is 0 Å². The summed E-state index contributed by atoms with van der Waals surface area (Å²) in [6.07, 6.45) is 8.18. The van der Waals surface area contributed by atoms with E-state index in [1.165, 1.54) is 44.1 Å². The highest BCUT2D eigenvalue weighted by molar-refractivity contribution is 5.95. The lowest BCUT2D eigenvalue weighted by Gasteiger charge is -2.18. The molecule has 0 heterocycles. The lowest BCUT2D eigenvalue weighted by atomic mass is 10.00. The van der Waals surface area contributed by atoms with Gasteiger partial charge in [0, 0.05) is 31.9 Å². The Morgan fingerprint density at radius 1 is 1.19 bits per heavy atom. The third kappa shape index (κ3) is 4.48. The van der Waals surface area contributed by atoms with E-state index in [4.69, 9.17) is 0 Å². The quantitative estimate of drug-likeness (QED) is 0.847. The smallest absolute Gasteiger partial charge is 0.253 e. The minimum atomic E-state index is 0.0625. The van der Waals surface area contributed by atoms with Gasteiger partial charge in [0.1, 0.15) is 0 Å². The van der Waals surface area contributed by atoms with Crippen LogP contribution in [0.1, 0.15) is 54.4 Å². The summed E-state index contributed by atoms with van der Waals surface area (Å²) in [5.41, 5.74) is 3.07. The lowest BCUT2D eigenvalue weighted by Crippen LogP contribution is -2.22. The molecule has 1 N–H and O–H groups in total. The summed E-state index contributed by atoms with van der Waals surface area (Å²) >= 11 is 0. The molecule has 1 saturated carbocycles. The fourth-order valence-electron chi connectivity index (χ4n) is 3.03. The van der Waals surface area contributed by atoms with E-state index in [9.17, 15) is 4.79 Å². The highest BCUT2D eigenvalue weighted by atomic mass is 16.2. The Balaban J connectivity index is 2.01. The van der Waals surface area contributed by atoms with E-state index < -0.39 is 0 Å². The molecule has 0 atom stereocenters. The first kappa shape index (κ1) is 15.9. The average molecular weight is 288 g/mol. The molecule has 0 aromatic heterocycles. The van der Waals surface area contributed by atoms with E-state index in [-0.39, 0.29) is 5.91 Å². The van der Waals surface area contributed by atoms with Gasteiger partial charge in [-0.2, -0.15) is 0 Å². The Morgan fingerprint density at radius 3 is 2.48 bits per heavy atom. The zero-order valence-electron chi connectivity index (χ0n) is 13.6. The van der Waals surface area contributed by atoms with Crippen LogP contribution < -0.4 is 5.32 Å². The number of benzene rings is 1. The predicted octanol–water partition coefficient (Wildman–Crippen LogP) is 4.08. The van der Waals surface area contributed by atoms with Gasteiger partial charge in [-0.25, -0.2) is 0 Å². The van der Waals surface area contributed by atoms with Crippen LogP contribution in [0.3, 0.4) is 0 Å². The maximum atomic E-state index is 12.1. The fourth-order valence-corrected chi connectivity index (χ4v) is 3.03. The third-order valence-electron chi connectivity index (χ3n) is 4.45. The van der Waals surface area contributed by atoms with Gasteiger partial charge in [0.15, 0.2) is 0 Å². The molecule has 0 bridgehead atoms. The summed E-state index contributed by atoms with van der Waals surface area (Å²) < 4.78 is 0. The molecule has 0 aliphatic heterocycles. The molecule has 1 amide bonds. The van der Waals surface area contributed by atoms with Crippen molar-refractivity contribution in [3.63, 3.8) is 0 Å². The summed E-state index contributed by atoms with van der Waals surface area (Å²) in [5.74, 6) is 0.840. The zero-order chi connectivity index (χ0) is 15.2. The number of nitrogens with zero attached hydrogens (tertiary/aromatic N) is 1. The monoisotopic (exact) mass is 288 g/mol. The van der Waals surface area contributed by atoms with Crippen molar-refractivity contribution in [3.05, 3.63) is 29.3 Å². The van der Waals surface area contributed by atoms with E-state index in [0.717, 1.165) is 23.7 Å². The number of hydrogen-bond donors (Lipinski definition) is 1. The zero-order valence-corrected chi connectivity index (χ0v) is 13.6. The third-order valence-corrected chi connectivity index (χ3v) is 4.45. The van der Waals surface area contributed by atoms with Crippen molar-refractivity contribution in [1.82, 2.24) is 4.90 Å². The molecule has 1 aromatic rings. The van der Waals surface area contributed by atoms with Gasteiger partial charge in [0.25, 0.3) is 5.91 Å². The van der Waals surface area contributed by atoms with Gasteiger partial charge in [0.05, 0.1) is 0 Å². The summed E-state index contributed by atoms with van der Waals surface area (Å²) in [5, 5.41) is 3.57. The Morgan fingerprint density at radius 2 is 1.86 bits per heavy atom. The van der Waals surface area contributed by atoms with Gasteiger partial charge in [-0.15, -0.1) is 0 Å². The van der Waals surface area contributed by atoms with Crippen LogP contribution in [0.5, 0.6) is 0 Å². The maximum Gasteiger partial charge on any atom is 0.253 e. The van der Waals surface area contributed by atoms with E-state index in [1.807, 2.05) is 18.2 Å². The predicted molar refractivity (Wildman–Crippen MR) is 88.9 cm³/mol. The number of hydrogen-bond acceptors (Lipinski definition) is 2. The molecule has 3 nitrogen and oxygen atoms in total. The normalized spacial score (nSPS) is 16.3. The largest absolute Gasteiger partial charge is 0.385 e. The molecule has 0 unspecified atom stereocenters. The van der Waals surface area contributed by atoms with Gasteiger partial charge < -0.3 is 10.2 Å². The first-order valence-electron chi connectivity index (χ1n) is 8.14. The van der Waals surface area contributed by atoms with Crippen LogP contribution in [0, 0.1) is 12.8 Å². The number of rotatable bonds is 4. The molecule has 21 heavy (non-hydrogen) atoms. The first-order chi connectivity index (χ1) is 10.1. The second-order valence-corrected chi connectivity index (χ2v) is 6.47. The van der Waals surface area contributed by atoms with Crippen molar-refractivity contribution in [2.75, 3.05) is 26.0 Å². The number of carbonyl (C=O) groups is 1. The Bertz CT molecular complexity index is 474. The SMILES string of the molecule is Cc1ccc(C(=O)N(C)C)cc1NCC1CCCCCC1. The summed E-state index contributed by atoms with van der Waals surface area (Å²) in [6, 6.07) is 5.94. The minimum Gasteiger partial charge on any atom is -0.385 e. The Labute approximate surface area is 128 Å². The summed E-state index contributed by atoms with van der Waals surface area (Å²) in [4.78, 5) is 13.7. The molecule has 0 spiro atoms. The fraction of sp³-hybridized carbons (Fsp3) is 0.611. The number of nitrogens with one attached hydrogen (secondary N) is 1. The van der Waals surface area contributed by atoms with Crippen LogP contribution in [0.25, 0.3) is 0 Å². The van der Waals surface area contributed by atoms with E-state index >= 15 is 0 Å². The van der Waals surface area contributed by atoms with Crippen LogP contribution in [-0.4, -0.2) is 31.4 Å². The molecule has 3 heteroatoms. The van der Waals surface area contributed by atoms with E-state index in [1.54, 1.807) is 19.0 Å². The standard InChI is InChI=1S/C18H28N2O/c1-14-10-11-16(18(21)20(2)3)12-17(14)19-13-15-8-6-4-5-7-9-15/h10-12,15,19H,4-9,13H2,1-3H3. The topological polar surface area (TPSA) is 32.3 Å². The van der Waals surface area contributed by atoms with Crippen molar-refractivity contribution in [3.8, 4) is 0 Å². The van der Waals surface area contributed by atoms with E-state index in [2.05, 4.69) is 12.2 Å². The van der Waals surface area contributed by atoms with Crippen molar-refractivity contribution in [1.29, 1.82) is 0 Å². The van der Waals surface area contributed by atoms with Crippen molar-refractivity contribution in [2.24, 2.45) is 5.92 Å². The van der Waals surface area contributed by atoms with E-state index in [0.29, 0.717) is 0 Å². The van der Waals surface area contributed by atoms with Gasteiger partial charge >= 0.3 is 0 Å². The molecule has 1 aliphatic rings. The van der Waals surface area contributed by atoms with Gasteiger partial charge in [-0.3, -0.25) is 4.79 Å². The van der Waals surface area contributed by atoms with Crippen molar-refractivity contribution >= 4 is 11.6 Å². The maximum absolute atomic E-state index is 12.1. The highest BCUT2D eigenvalue weighted by Gasteiger charge is 2.14. The number of anilines is 1. The highest BCUT2D eigenvalue weighted by Crippen LogP contribution is 2.24. The van der Waals surface area contributed by atoms with Crippen molar-refractivity contribution in [2.45, 2.75) is 45.4 Å². The van der Waals surface area contributed by atoms with Crippen LogP contribution in [0.4, 0.5) is 5.69 Å². The van der Waals surface area contributed by atoms with Crippen LogP contribution in [0.15, 0.2) is 18.2 Å². The minimum absolute atomic E-state index is 0.0625.